The van der Waals surface area contributed by atoms with Crippen LogP contribution < -0.4 is 0 Å². The van der Waals surface area contributed by atoms with Crippen LogP contribution in [-0.4, -0.2) is 5.78 Å². The summed E-state index contributed by atoms with van der Waals surface area (Å²) in [6.07, 6.45) is 0.00167. The monoisotopic (exact) mass is 268 g/mol. The van der Waals surface area contributed by atoms with Crippen molar-refractivity contribution in [1.29, 1.82) is 0 Å². The number of aryl methyl sites for hydroxylation is 1. The van der Waals surface area contributed by atoms with E-state index in [0.717, 1.165) is 4.88 Å². The molecule has 2 aromatic rings. The van der Waals surface area contributed by atoms with Crippen LogP contribution in [0.3, 0.4) is 0 Å². The highest BCUT2D eigenvalue weighted by molar-refractivity contribution is 7.10. The summed E-state index contributed by atoms with van der Waals surface area (Å²) in [7, 11) is 0. The minimum atomic E-state index is -0.433. The number of Topliss-reactive ketones (excluding diaryl/α,β-unsaturated/α-hetero) is 1. The van der Waals surface area contributed by atoms with Gasteiger partial charge < -0.3 is 0 Å². The average molecular weight is 269 g/mol. The Labute approximate surface area is 108 Å². The molecule has 4 heteroatoms. The molecule has 0 aliphatic heterocycles. The maximum Gasteiger partial charge on any atom is 0.168 e. The highest BCUT2D eigenvalue weighted by Gasteiger charge is 2.14. The molecular formula is C13H10ClFOS. The van der Waals surface area contributed by atoms with Crippen molar-refractivity contribution < 1.29 is 9.18 Å². The van der Waals surface area contributed by atoms with E-state index in [2.05, 4.69) is 0 Å². The molecule has 0 fully saturated rings. The molecule has 1 nitrogen and oxygen atoms in total. The van der Waals surface area contributed by atoms with Crippen LogP contribution in [0, 0.1) is 12.7 Å². The minimum absolute atomic E-state index is 0.00167. The number of benzene rings is 1. The molecule has 0 N–H and O–H groups in total. The summed E-state index contributed by atoms with van der Waals surface area (Å²) >= 11 is 7.38. The second kappa shape index (κ2) is 4.98. The highest BCUT2D eigenvalue weighted by Crippen LogP contribution is 2.22. The van der Waals surface area contributed by atoms with Gasteiger partial charge in [0, 0.05) is 32.8 Å². The number of hydrogen-bond donors (Lipinski definition) is 0. The molecule has 88 valence electrons. The van der Waals surface area contributed by atoms with Gasteiger partial charge in [-0.25, -0.2) is 4.39 Å². The fourth-order valence-corrected chi connectivity index (χ4v) is 2.49. The van der Waals surface area contributed by atoms with Gasteiger partial charge in [0.05, 0.1) is 0 Å². The van der Waals surface area contributed by atoms with Crippen molar-refractivity contribution in [1.82, 2.24) is 0 Å². The van der Waals surface area contributed by atoms with Crippen LogP contribution in [-0.2, 0) is 6.42 Å². The predicted molar refractivity (Wildman–Crippen MR) is 68.5 cm³/mol. The number of thiophene rings is 1. The van der Waals surface area contributed by atoms with Crippen LogP contribution in [0.5, 0.6) is 0 Å². The fraction of sp³-hybridized carbons (Fsp3) is 0.154. The highest BCUT2D eigenvalue weighted by atomic mass is 35.5. The van der Waals surface area contributed by atoms with Crippen LogP contribution in [0.15, 0.2) is 29.6 Å². The summed E-state index contributed by atoms with van der Waals surface area (Å²) in [6, 6.07) is 6.24. The maximum atomic E-state index is 13.5. The largest absolute Gasteiger partial charge is 0.294 e. The molecule has 17 heavy (non-hydrogen) atoms. The van der Waals surface area contributed by atoms with E-state index in [-0.39, 0.29) is 17.8 Å². The number of rotatable bonds is 3. The van der Waals surface area contributed by atoms with E-state index in [9.17, 15) is 9.18 Å². The Morgan fingerprint density at radius 2 is 2.24 bits per heavy atom. The molecule has 2 rings (SSSR count). The SMILES string of the molecule is Cc1cc(C(=O)Cc2c(F)cccc2Cl)cs1. The molecule has 0 saturated heterocycles. The second-order valence-electron chi connectivity index (χ2n) is 3.75. The van der Waals surface area contributed by atoms with E-state index in [1.807, 2.05) is 13.0 Å². The van der Waals surface area contributed by atoms with Gasteiger partial charge in [0.15, 0.2) is 5.78 Å². The van der Waals surface area contributed by atoms with Gasteiger partial charge in [-0.2, -0.15) is 0 Å². The Morgan fingerprint density at radius 1 is 1.47 bits per heavy atom. The molecule has 0 aliphatic rings. The third-order valence-corrected chi connectivity index (χ3v) is 3.67. The zero-order valence-corrected chi connectivity index (χ0v) is 10.7. The lowest BCUT2D eigenvalue weighted by atomic mass is 10.0. The molecule has 1 heterocycles. The minimum Gasteiger partial charge on any atom is -0.294 e. The van der Waals surface area contributed by atoms with Gasteiger partial charge >= 0.3 is 0 Å². The summed E-state index contributed by atoms with van der Waals surface area (Å²) < 4.78 is 13.5. The van der Waals surface area contributed by atoms with Gasteiger partial charge in [-0.05, 0) is 25.1 Å². The Balaban J connectivity index is 2.24. The van der Waals surface area contributed by atoms with Crippen molar-refractivity contribution >= 4 is 28.7 Å². The zero-order chi connectivity index (χ0) is 12.4. The normalized spacial score (nSPS) is 10.5. The topological polar surface area (TPSA) is 17.1 Å². The molecule has 0 bridgehead atoms. The summed E-state index contributed by atoms with van der Waals surface area (Å²) in [5, 5.41) is 2.08. The molecule has 0 spiro atoms. The second-order valence-corrected chi connectivity index (χ2v) is 5.27. The first kappa shape index (κ1) is 12.3. The maximum absolute atomic E-state index is 13.5. The van der Waals surface area contributed by atoms with Gasteiger partial charge in [-0.15, -0.1) is 11.3 Å². The Kier molecular flexibility index (Phi) is 3.60. The summed E-state index contributed by atoms with van der Waals surface area (Å²) in [4.78, 5) is 13.0. The van der Waals surface area contributed by atoms with Crippen molar-refractivity contribution in [2.75, 3.05) is 0 Å². The van der Waals surface area contributed by atoms with E-state index < -0.39 is 5.82 Å². The standard InChI is InChI=1S/C13H10ClFOS/c1-8-5-9(7-17-8)13(16)6-10-11(14)3-2-4-12(10)15/h2-5,7H,6H2,1H3. The smallest absolute Gasteiger partial charge is 0.168 e. The molecule has 1 aromatic carbocycles. The lowest BCUT2D eigenvalue weighted by Gasteiger charge is -2.03. The Hall–Kier alpha value is -1.19. The van der Waals surface area contributed by atoms with Crippen molar-refractivity contribution in [3.05, 3.63) is 56.5 Å². The van der Waals surface area contributed by atoms with Crippen LogP contribution in [0.25, 0.3) is 0 Å². The Bertz CT molecular complexity index is 542. The fourth-order valence-electron chi connectivity index (χ4n) is 1.55. The summed E-state index contributed by atoms with van der Waals surface area (Å²) in [5.74, 6) is -0.542. The number of carbonyl (C=O) groups excluding carboxylic acids is 1. The third kappa shape index (κ3) is 2.73. The van der Waals surface area contributed by atoms with Crippen LogP contribution >= 0.6 is 22.9 Å². The quantitative estimate of drug-likeness (QED) is 0.760. The van der Waals surface area contributed by atoms with Gasteiger partial charge in [-0.3, -0.25) is 4.79 Å². The van der Waals surface area contributed by atoms with Crippen molar-refractivity contribution in [2.45, 2.75) is 13.3 Å². The van der Waals surface area contributed by atoms with Crippen LogP contribution in [0.4, 0.5) is 4.39 Å². The molecular weight excluding hydrogens is 259 g/mol. The predicted octanol–water partition coefficient (Wildman–Crippen LogP) is 4.27. The van der Waals surface area contributed by atoms with Gasteiger partial charge in [-0.1, -0.05) is 17.7 Å². The van der Waals surface area contributed by atoms with Gasteiger partial charge in [0.2, 0.25) is 0 Å². The van der Waals surface area contributed by atoms with E-state index in [1.54, 1.807) is 11.4 Å². The van der Waals surface area contributed by atoms with Crippen LogP contribution in [0.2, 0.25) is 5.02 Å². The third-order valence-electron chi connectivity index (χ3n) is 2.45. The number of halogens is 2. The summed E-state index contributed by atoms with van der Waals surface area (Å²) in [6.45, 7) is 1.93. The first-order valence-electron chi connectivity index (χ1n) is 5.09. The van der Waals surface area contributed by atoms with Crippen molar-refractivity contribution in [2.24, 2.45) is 0 Å². The lowest BCUT2D eigenvalue weighted by Crippen LogP contribution is -2.04. The van der Waals surface area contributed by atoms with Crippen molar-refractivity contribution in [3.8, 4) is 0 Å². The van der Waals surface area contributed by atoms with E-state index in [4.69, 9.17) is 11.6 Å². The molecule has 1 aromatic heterocycles. The van der Waals surface area contributed by atoms with Gasteiger partial charge in [0.25, 0.3) is 0 Å². The zero-order valence-electron chi connectivity index (χ0n) is 9.17. The Morgan fingerprint density at radius 3 is 2.82 bits per heavy atom. The van der Waals surface area contributed by atoms with Crippen LogP contribution in [0.1, 0.15) is 20.8 Å². The first-order chi connectivity index (χ1) is 8.08. The number of hydrogen-bond acceptors (Lipinski definition) is 2. The summed E-state index contributed by atoms with van der Waals surface area (Å²) in [5.41, 5.74) is 0.884. The molecule has 0 saturated carbocycles. The first-order valence-corrected chi connectivity index (χ1v) is 6.35. The van der Waals surface area contributed by atoms with Gasteiger partial charge in [0.1, 0.15) is 5.82 Å². The number of ketones is 1. The number of carbonyl (C=O) groups is 1. The van der Waals surface area contributed by atoms with E-state index >= 15 is 0 Å². The lowest BCUT2D eigenvalue weighted by molar-refractivity contribution is 0.0992. The molecule has 0 unspecified atom stereocenters. The molecule has 0 radical (unpaired) electrons. The molecule has 0 amide bonds. The average Bonchev–Trinajstić information content (AvgIpc) is 2.70. The molecule has 0 aliphatic carbocycles. The van der Waals surface area contributed by atoms with E-state index in [0.29, 0.717) is 10.6 Å². The molecule has 0 atom stereocenters. The van der Waals surface area contributed by atoms with E-state index in [1.165, 1.54) is 23.5 Å². The van der Waals surface area contributed by atoms with Crippen molar-refractivity contribution in [3.63, 3.8) is 0 Å².